The van der Waals surface area contributed by atoms with Crippen LogP contribution >= 0.6 is 0 Å². The van der Waals surface area contributed by atoms with E-state index in [-0.39, 0.29) is 5.73 Å². The maximum absolute atomic E-state index is 9.90. The maximum atomic E-state index is 9.90. The monoisotopic (exact) mass is 194 g/mol. The van der Waals surface area contributed by atoms with Crippen molar-refractivity contribution < 1.29 is 5.11 Å². The van der Waals surface area contributed by atoms with Gasteiger partial charge in [0.2, 0.25) is 0 Å². The molecule has 1 nitrogen and oxygen atoms in total. The van der Waals surface area contributed by atoms with Crippen molar-refractivity contribution in [3.8, 4) is 0 Å². The lowest BCUT2D eigenvalue weighted by atomic mass is 10.4. The van der Waals surface area contributed by atoms with Crippen molar-refractivity contribution in [1.82, 2.24) is 0 Å². The van der Waals surface area contributed by atoms with Crippen molar-refractivity contribution in [2.75, 3.05) is 0 Å². The van der Waals surface area contributed by atoms with Gasteiger partial charge in [0, 0.05) is 5.73 Å². The molecule has 0 radical (unpaired) electrons. The van der Waals surface area contributed by atoms with Crippen molar-refractivity contribution in [2.24, 2.45) is 0 Å². The second kappa shape index (κ2) is 4.07. The van der Waals surface area contributed by atoms with Crippen LogP contribution in [0.15, 0.2) is 30.3 Å². The van der Waals surface area contributed by atoms with Crippen molar-refractivity contribution >= 4 is 13.3 Å². The van der Waals surface area contributed by atoms with E-state index in [2.05, 4.69) is 25.2 Å². The molecule has 0 saturated heterocycles. The highest BCUT2D eigenvalue weighted by atomic mass is 28.3. The van der Waals surface area contributed by atoms with Crippen LogP contribution in [-0.4, -0.2) is 18.9 Å². The predicted octanol–water partition coefficient (Wildman–Crippen LogP) is 1.91. The quantitative estimate of drug-likeness (QED) is 0.729. The van der Waals surface area contributed by atoms with Gasteiger partial charge in [-0.3, -0.25) is 0 Å². The Labute approximate surface area is 81.4 Å². The largest absolute Gasteiger partial charge is 0.396 e. The standard InChI is InChI=1S/C11H18OSi/c1-4-11(12)13(2,3)10-8-6-5-7-9-10/h5-9,11-12H,4H2,1-3H3/t11-/m1/s1. The molecule has 2 heteroatoms. The highest BCUT2D eigenvalue weighted by molar-refractivity contribution is 6.90. The Kier molecular flexibility index (Phi) is 3.28. The molecule has 0 fully saturated rings. The third kappa shape index (κ3) is 2.20. The first-order valence-corrected chi connectivity index (χ1v) is 7.90. The maximum Gasteiger partial charge on any atom is 0.113 e. The second-order valence-electron chi connectivity index (χ2n) is 4.01. The fourth-order valence-electron chi connectivity index (χ4n) is 1.57. The van der Waals surface area contributed by atoms with E-state index in [0.29, 0.717) is 0 Å². The molecule has 0 spiro atoms. The van der Waals surface area contributed by atoms with Crippen molar-refractivity contribution in [3.05, 3.63) is 30.3 Å². The van der Waals surface area contributed by atoms with E-state index < -0.39 is 8.07 Å². The molecule has 0 aliphatic carbocycles. The lowest BCUT2D eigenvalue weighted by Crippen LogP contribution is -2.52. The fraction of sp³-hybridized carbons (Fsp3) is 0.455. The zero-order chi connectivity index (χ0) is 9.90. The van der Waals surface area contributed by atoms with Gasteiger partial charge in [-0.25, -0.2) is 0 Å². The van der Waals surface area contributed by atoms with Gasteiger partial charge in [0.05, 0.1) is 0 Å². The summed E-state index contributed by atoms with van der Waals surface area (Å²) in [7, 11) is -1.63. The van der Waals surface area contributed by atoms with Gasteiger partial charge in [0.25, 0.3) is 0 Å². The van der Waals surface area contributed by atoms with Gasteiger partial charge in [-0.2, -0.15) is 0 Å². The van der Waals surface area contributed by atoms with E-state index in [1.807, 2.05) is 25.1 Å². The fourth-order valence-corrected chi connectivity index (χ4v) is 4.03. The Hall–Kier alpha value is -0.603. The van der Waals surface area contributed by atoms with E-state index in [0.717, 1.165) is 6.42 Å². The molecule has 1 aromatic rings. The van der Waals surface area contributed by atoms with E-state index in [9.17, 15) is 5.11 Å². The molecule has 0 bridgehead atoms. The van der Waals surface area contributed by atoms with Crippen LogP contribution in [0, 0.1) is 0 Å². The number of hydrogen-bond acceptors (Lipinski definition) is 1. The van der Waals surface area contributed by atoms with Crippen LogP contribution in [0.25, 0.3) is 0 Å². The molecule has 1 rings (SSSR count). The molecule has 0 heterocycles. The van der Waals surface area contributed by atoms with E-state index in [1.165, 1.54) is 5.19 Å². The lowest BCUT2D eigenvalue weighted by molar-refractivity contribution is 0.241. The summed E-state index contributed by atoms with van der Waals surface area (Å²) < 4.78 is 0. The first-order valence-electron chi connectivity index (χ1n) is 4.82. The van der Waals surface area contributed by atoms with Gasteiger partial charge in [-0.1, -0.05) is 55.5 Å². The Morgan fingerprint density at radius 3 is 2.23 bits per heavy atom. The molecule has 0 amide bonds. The van der Waals surface area contributed by atoms with Crippen LogP contribution in [0.2, 0.25) is 13.1 Å². The Balaban J connectivity index is 2.93. The third-order valence-electron chi connectivity index (χ3n) is 2.74. The molecule has 1 N–H and O–H groups in total. The van der Waals surface area contributed by atoms with Gasteiger partial charge < -0.3 is 5.11 Å². The molecule has 1 aromatic carbocycles. The smallest absolute Gasteiger partial charge is 0.113 e. The Morgan fingerprint density at radius 2 is 1.77 bits per heavy atom. The van der Waals surface area contributed by atoms with Gasteiger partial charge >= 0.3 is 0 Å². The molecular formula is C11H18OSi. The zero-order valence-corrected chi connectivity index (χ0v) is 9.62. The van der Waals surface area contributed by atoms with E-state index in [1.54, 1.807) is 0 Å². The number of aliphatic hydroxyl groups excluding tert-OH is 1. The summed E-state index contributed by atoms with van der Waals surface area (Å²) in [6.45, 7) is 6.48. The lowest BCUT2D eigenvalue weighted by Gasteiger charge is -2.28. The molecule has 1 atom stereocenters. The first-order chi connectivity index (χ1) is 6.09. The van der Waals surface area contributed by atoms with Crippen LogP contribution in [-0.2, 0) is 0 Å². The summed E-state index contributed by atoms with van der Waals surface area (Å²) in [5.41, 5.74) is -0.130. The van der Waals surface area contributed by atoms with Crippen LogP contribution in [0.3, 0.4) is 0 Å². The topological polar surface area (TPSA) is 20.2 Å². The van der Waals surface area contributed by atoms with Gasteiger partial charge in [0.1, 0.15) is 8.07 Å². The molecule has 0 aliphatic rings. The second-order valence-corrected chi connectivity index (χ2v) is 8.70. The van der Waals surface area contributed by atoms with Crippen LogP contribution < -0.4 is 5.19 Å². The minimum atomic E-state index is -1.63. The van der Waals surface area contributed by atoms with Gasteiger partial charge in [-0.05, 0) is 6.42 Å². The highest BCUT2D eigenvalue weighted by Gasteiger charge is 2.30. The minimum absolute atomic E-state index is 0.130. The van der Waals surface area contributed by atoms with Crippen LogP contribution in [0.4, 0.5) is 0 Å². The SMILES string of the molecule is CC[C@H](O)[Si](C)(C)c1ccccc1. The summed E-state index contributed by atoms with van der Waals surface area (Å²) in [5, 5.41) is 11.2. The first kappa shape index (κ1) is 10.5. The van der Waals surface area contributed by atoms with Crippen LogP contribution in [0.1, 0.15) is 13.3 Å². The molecule has 0 aliphatic heterocycles. The number of benzene rings is 1. The van der Waals surface area contributed by atoms with E-state index >= 15 is 0 Å². The summed E-state index contributed by atoms with van der Waals surface area (Å²) in [5.74, 6) is 0. The zero-order valence-electron chi connectivity index (χ0n) is 8.62. The molecule has 72 valence electrons. The third-order valence-corrected chi connectivity index (χ3v) is 6.63. The number of aliphatic hydroxyl groups is 1. The number of rotatable bonds is 3. The van der Waals surface area contributed by atoms with Crippen molar-refractivity contribution in [3.63, 3.8) is 0 Å². The predicted molar refractivity (Wildman–Crippen MR) is 59.9 cm³/mol. The van der Waals surface area contributed by atoms with Crippen molar-refractivity contribution in [2.45, 2.75) is 32.2 Å². The molecule has 13 heavy (non-hydrogen) atoms. The molecule has 0 saturated carbocycles. The normalized spacial score (nSPS) is 14.2. The molecule has 0 aromatic heterocycles. The summed E-state index contributed by atoms with van der Waals surface area (Å²) in [6.07, 6.45) is 0.855. The summed E-state index contributed by atoms with van der Waals surface area (Å²) >= 11 is 0. The minimum Gasteiger partial charge on any atom is -0.396 e. The summed E-state index contributed by atoms with van der Waals surface area (Å²) in [4.78, 5) is 0. The van der Waals surface area contributed by atoms with Crippen LogP contribution in [0.5, 0.6) is 0 Å². The average Bonchev–Trinajstić information content (AvgIpc) is 2.18. The highest BCUT2D eigenvalue weighted by Crippen LogP contribution is 2.11. The van der Waals surface area contributed by atoms with Crippen molar-refractivity contribution in [1.29, 1.82) is 0 Å². The molecular weight excluding hydrogens is 176 g/mol. The number of hydrogen-bond donors (Lipinski definition) is 1. The van der Waals surface area contributed by atoms with Gasteiger partial charge in [-0.15, -0.1) is 0 Å². The Bertz CT molecular complexity index is 256. The van der Waals surface area contributed by atoms with E-state index in [4.69, 9.17) is 0 Å². The average molecular weight is 194 g/mol. The Morgan fingerprint density at radius 1 is 1.23 bits per heavy atom. The van der Waals surface area contributed by atoms with Gasteiger partial charge in [0.15, 0.2) is 0 Å². The molecule has 0 unspecified atom stereocenters. The summed E-state index contributed by atoms with van der Waals surface area (Å²) in [6, 6.07) is 10.4.